The minimum Gasteiger partial charge on any atom is -0.386 e. The summed E-state index contributed by atoms with van der Waals surface area (Å²) in [6.45, 7) is 2.79. The Kier molecular flexibility index (Phi) is 6.23. The molecule has 0 aromatic heterocycles. The molecular weight excluding hydrogens is 228 g/mol. The second kappa shape index (κ2) is 6.34. The van der Waals surface area contributed by atoms with E-state index in [1.807, 2.05) is 0 Å². The summed E-state index contributed by atoms with van der Waals surface area (Å²) < 4.78 is 46.0. The van der Waals surface area contributed by atoms with Crippen LogP contribution in [0.15, 0.2) is 0 Å². The summed E-state index contributed by atoms with van der Waals surface area (Å²) in [6.07, 6.45) is -4.57. The molecule has 0 spiro atoms. The highest BCUT2D eigenvalue weighted by atomic mass is 32.2. The maximum Gasteiger partial charge on any atom is 0.265 e. The number of aliphatic hydroxyl groups is 1. The van der Waals surface area contributed by atoms with E-state index >= 15 is 0 Å². The van der Waals surface area contributed by atoms with Crippen molar-refractivity contribution in [2.45, 2.75) is 32.4 Å². The van der Waals surface area contributed by atoms with Gasteiger partial charge in [0.05, 0.1) is 5.75 Å². The minimum atomic E-state index is -3.12. The lowest BCUT2D eigenvalue weighted by molar-refractivity contribution is -0.00406. The zero-order valence-corrected chi connectivity index (χ0v) is 9.60. The van der Waals surface area contributed by atoms with Crippen molar-refractivity contribution in [3.8, 4) is 0 Å². The van der Waals surface area contributed by atoms with Crippen molar-refractivity contribution in [1.29, 1.82) is 0 Å². The number of sulfone groups is 1. The van der Waals surface area contributed by atoms with Crippen LogP contribution in [0, 0.1) is 0 Å². The van der Waals surface area contributed by atoms with E-state index in [2.05, 4.69) is 5.32 Å². The van der Waals surface area contributed by atoms with Gasteiger partial charge in [-0.1, -0.05) is 6.92 Å². The lowest BCUT2D eigenvalue weighted by Crippen LogP contribution is -2.40. The number of rotatable bonds is 7. The van der Waals surface area contributed by atoms with Crippen molar-refractivity contribution in [1.82, 2.24) is 5.32 Å². The van der Waals surface area contributed by atoms with E-state index in [-0.39, 0.29) is 18.1 Å². The van der Waals surface area contributed by atoms with E-state index in [1.165, 1.54) is 6.92 Å². The molecule has 0 rings (SSSR count). The van der Waals surface area contributed by atoms with Crippen molar-refractivity contribution in [3.63, 3.8) is 0 Å². The van der Waals surface area contributed by atoms with Gasteiger partial charge in [0.25, 0.3) is 6.43 Å². The molecule has 4 nitrogen and oxygen atoms in total. The van der Waals surface area contributed by atoms with Crippen LogP contribution in [0.4, 0.5) is 8.78 Å². The van der Waals surface area contributed by atoms with Crippen LogP contribution >= 0.6 is 0 Å². The molecule has 0 aromatic rings. The molecule has 2 N–H and O–H groups in total. The highest BCUT2D eigenvalue weighted by molar-refractivity contribution is 7.91. The molecule has 7 heteroatoms. The number of aliphatic hydroxyl groups excluding tert-OH is 1. The van der Waals surface area contributed by atoms with Crippen LogP contribution in [0.25, 0.3) is 0 Å². The first-order chi connectivity index (χ1) is 6.78. The van der Waals surface area contributed by atoms with E-state index < -0.39 is 28.4 Å². The van der Waals surface area contributed by atoms with Crippen LogP contribution in [-0.2, 0) is 9.84 Å². The van der Waals surface area contributed by atoms with E-state index in [0.717, 1.165) is 0 Å². The Morgan fingerprint density at radius 3 is 2.33 bits per heavy atom. The van der Waals surface area contributed by atoms with E-state index in [1.54, 1.807) is 6.92 Å². The topological polar surface area (TPSA) is 66.4 Å². The van der Waals surface area contributed by atoms with Crippen LogP contribution in [0.3, 0.4) is 0 Å². The van der Waals surface area contributed by atoms with Gasteiger partial charge in [-0.25, -0.2) is 17.2 Å². The monoisotopic (exact) mass is 245 g/mol. The van der Waals surface area contributed by atoms with Crippen molar-refractivity contribution in [2.24, 2.45) is 0 Å². The fraction of sp³-hybridized carbons (Fsp3) is 1.00. The average Bonchev–Trinajstić information content (AvgIpc) is 2.13. The van der Waals surface area contributed by atoms with Crippen molar-refractivity contribution < 1.29 is 22.3 Å². The predicted octanol–water partition coefficient (Wildman–Crippen LogP) is 0.0252. The molecule has 0 saturated carbocycles. The molecule has 0 saturated heterocycles. The van der Waals surface area contributed by atoms with Crippen LogP contribution in [-0.4, -0.2) is 50.1 Å². The van der Waals surface area contributed by atoms with Gasteiger partial charge in [-0.2, -0.15) is 0 Å². The van der Waals surface area contributed by atoms with Crippen LogP contribution in [0.1, 0.15) is 13.8 Å². The van der Waals surface area contributed by atoms with Crippen LogP contribution < -0.4 is 5.32 Å². The van der Waals surface area contributed by atoms with Gasteiger partial charge >= 0.3 is 0 Å². The van der Waals surface area contributed by atoms with E-state index in [9.17, 15) is 17.2 Å². The fourth-order valence-electron chi connectivity index (χ4n) is 0.969. The second-order valence-corrected chi connectivity index (χ2v) is 5.81. The third-order valence-electron chi connectivity index (χ3n) is 1.91. The second-order valence-electron chi connectivity index (χ2n) is 3.41. The molecule has 0 bridgehead atoms. The highest BCUT2D eigenvalue weighted by Crippen LogP contribution is 2.00. The first-order valence-corrected chi connectivity index (χ1v) is 6.50. The number of alkyl halides is 2. The maximum atomic E-state index is 11.9. The average molecular weight is 245 g/mol. The van der Waals surface area contributed by atoms with Gasteiger partial charge in [0, 0.05) is 18.3 Å². The molecule has 0 fully saturated rings. The quantitative estimate of drug-likeness (QED) is 0.664. The van der Waals surface area contributed by atoms with Gasteiger partial charge in [-0.05, 0) is 6.92 Å². The Bertz CT molecular complexity index is 269. The third-order valence-corrected chi connectivity index (χ3v) is 3.80. The molecule has 0 aliphatic heterocycles. The van der Waals surface area contributed by atoms with E-state index in [0.29, 0.717) is 0 Å². The molecule has 0 aliphatic carbocycles. The summed E-state index contributed by atoms with van der Waals surface area (Å²) in [6, 6.07) is -0.441. The Morgan fingerprint density at radius 2 is 1.93 bits per heavy atom. The molecule has 2 unspecified atom stereocenters. The normalized spacial score (nSPS) is 16.7. The maximum absolute atomic E-state index is 11.9. The molecule has 15 heavy (non-hydrogen) atoms. The number of nitrogens with one attached hydrogen (secondary N) is 1. The first-order valence-electron chi connectivity index (χ1n) is 4.68. The Balaban J connectivity index is 3.90. The molecular formula is C8H17F2NO3S. The van der Waals surface area contributed by atoms with Crippen LogP contribution in [0.5, 0.6) is 0 Å². The van der Waals surface area contributed by atoms with Crippen molar-refractivity contribution in [3.05, 3.63) is 0 Å². The molecule has 0 heterocycles. The van der Waals surface area contributed by atoms with Gasteiger partial charge in [0.1, 0.15) is 6.10 Å². The number of hydrogen-bond acceptors (Lipinski definition) is 4. The zero-order valence-electron chi connectivity index (χ0n) is 8.78. The predicted molar refractivity (Wildman–Crippen MR) is 53.8 cm³/mol. The number of halogens is 2. The molecule has 0 aromatic carbocycles. The van der Waals surface area contributed by atoms with Gasteiger partial charge in [0.15, 0.2) is 9.84 Å². The highest BCUT2D eigenvalue weighted by Gasteiger charge is 2.19. The Morgan fingerprint density at radius 1 is 1.40 bits per heavy atom. The summed E-state index contributed by atoms with van der Waals surface area (Å²) >= 11 is 0. The summed E-state index contributed by atoms with van der Waals surface area (Å²) in [7, 11) is -3.12. The molecule has 0 amide bonds. The van der Waals surface area contributed by atoms with Gasteiger partial charge < -0.3 is 10.4 Å². The summed E-state index contributed by atoms with van der Waals surface area (Å²) in [4.78, 5) is 0. The smallest absolute Gasteiger partial charge is 0.265 e. The largest absolute Gasteiger partial charge is 0.386 e. The van der Waals surface area contributed by atoms with Gasteiger partial charge in [-0.15, -0.1) is 0 Å². The summed E-state index contributed by atoms with van der Waals surface area (Å²) in [5.74, 6) is -0.0874. The fourth-order valence-corrected chi connectivity index (χ4v) is 2.08. The zero-order chi connectivity index (χ0) is 12.1. The van der Waals surface area contributed by atoms with E-state index in [4.69, 9.17) is 5.11 Å². The first kappa shape index (κ1) is 14.7. The lowest BCUT2D eigenvalue weighted by atomic mass is 10.3. The third kappa shape index (κ3) is 6.75. The van der Waals surface area contributed by atoms with Crippen molar-refractivity contribution >= 4 is 9.84 Å². The molecule has 92 valence electrons. The molecule has 2 atom stereocenters. The van der Waals surface area contributed by atoms with Crippen molar-refractivity contribution in [2.75, 3.05) is 18.1 Å². The minimum absolute atomic E-state index is 0.0242. The van der Waals surface area contributed by atoms with Gasteiger partial charge in [0.2, 0.25) is 0 Å². The Hall–Kier alpha value is -0.270. The van der Waals surface area contributed by atoms with Crippen LogP contribution in [0.2, 0.25) is 0 Å². The Labute approximate surface area is 88.6 Å². The standard InChI is InChI=1S/C8H17F2NO3S/c1-3-15(13,14)5-6(2)11-4-7(12)8(9)10/h6-8,11-12H,3-5H2,1-2H3. The number of hydrogen-bond donors (Lipinski definition) is 2. The molecule has 0 aliphatic rings. The molecule has 0 radical (unpaired) electrons. The summed E-state index contributed by atoms with van der Waals surface area (Å²) in [5.41, 5.74) is 0. The van der Waals surface area contributed by atoms with Gasteiger partial charge in [-0.3, -0.25) is 0 Å². The SMILES string of the molecule is CCS(=O)(=O)CC(C)NCC(O)C(F)F. The summed E-state index contributed by atoms with van der Waals surface area (Å²) in [5, 5.41) is 11.3. The lowest BCUT2D eigenvalue weighted by Gasteiger charge is -2.16.